The topological polar surface area (TPSA) is 125 Å². The maximum atomic E-state index is 14.1. The molecule has 0 unspecified atom stereocenters. The monoisotopic (exact) mass is 814 g/mol. The molecular weight excluding hydrogens is 747 g/mol. The minimum absolute atomic E-state index is 0.0101. The number of likely N-dealkylation sites (tertiary alicyclic amines) is 2. The second-order valence-electron chi connectivity index (χ2n) is 20.0. The van der Waals surface area contributed by atoms with Gasteiger partial charge in [0.1, 0.15) is 34.9 Å². The first-order valence-corrected chi connectivity index (χ1v) is 21.8. The summed E-state index contributed by atoms with van der Waals surface area (Å²) in [5, 5.41) is 9.85. The molecule has 3 saturated heterocycles. The smallest absolute Gasteiger partial charge is 0.410 e. The molecule has 1 saturated carbocycles. The number of benzene rings is 2. The van der Waals surface area contributed by atoms with Crippen LogP contribution in [0.3, 0.4) is 0 Å². The minimum atomic E-state index is -0.557. The van der Waals surface area contributed by atoms with E-state index in [4.69, 9.17) is 18.9 Å². The molecule has 0 aromatic heterocycles. The molecule has 3 amide bonds. The predicted molar refractivity (Wildman–Crippen MR) is 228 cm³/mol. The van der Waals surface area contributed by atoms with E-state index < -0.39 is 11.2 Å². The maximum Gasteiger partial charge on any atom is 0.410 e. The summed E-state index contributed by atoms with van der Waals surface area (Å²) in [6.45, 7) is 22.7. The van der Waals surface area contributed by atoms with Crippen LogP contribution in [0.5, 0.6) is 11.5 Å². The average Bonchev–Trinajstić information content (AvgIpc) is 3.65. The molecule has 0 N–H and O–H groups in total. The van der Waals surface area contributed by atoms with E-state index in [0.717, 1.165) is 49.1 Å². The number of hydrogen-bond donors (Lipinski definition) is 0. The number of piperazine rings is 1. The van der Waals surface area contributed by atoms with E-state index in [1.54, 1.807) is 15.9 Å². The lowest BCUT2D eigenvalue weighted by molar-refractivity contribution is 0.0237. The third kappa shape index (κ3) is 11.8. The molecule has 0 spiro atoms. The molecule has 59 heavy (non-hydrogen) atoms. The summed E-state index contributed by atoms with van der Waals surface area (Å²) in [4.78, 5) is 47.1. The van der Waals surface area contributed by atoms with Crippen LogP contribution in [0, 0.1) is 22.7 Å². The van der Waals surface area contributed by atoms with Crippen molar-refractivity contribution in [1.82, 2.24) is 14.7 Å². The Balaban J connectivity index is 1.08. The number of amides is 3. The number of anilines is 1. The number of carbonyl (C=O) groups excluding carboxylic acids is 3. The molecule has 4 aliphatic rings. The van der Waals surface area contributed by atoms with Gasteiger partial charge in [0.15, 0.2) is 0 Å². The van der Waals surface area contributed by atoms with Crippen molar-refractivity contribution in [3.05, 3.63) is 53.1 Å². The zero-order chi connectivity index (χ0) is 42.7. The Kier molecular flexibility index (Phi) is 13.3. The van der Waals surface area contributed by atoms with Gasteiger partial charge in [0.05, 0.1) is 18.2 Å². The van der Waals surface area contributed by atoms with Crippen LogP contribution in [0.1, 0.15) is 135 Å². The first kappa shape index (κ1) is 43.9. The van der Waals surface area contributed by atoms with E-state index in [-0.39, 0.29) is 35.7 Å². The van der Waals surface area contributed by atoms with Crippen molar-refractivity contribution >= 4 is 23.8 Å². The van der Waals surface area contributed by atoms with E-state index in [1.165, 1.54) is 0 Å². The Labute approximate surface area is 352 Å². The molecule has 1 aliphatic carbocycles. The highest BCUT2D eigenvalue weighted by molar-refractivity contribution is 5.94. The van der Waals surface area contributed by atoms with Crippen molar-refractivity contribution in [2.45, 2.75) is 137 Å². The van der Waals surface area contributed by atoms with Gasteiger partial charge in [-0.2, -0.15) is 5.26 Å². The average molecular weight is 814 g/mol. The molecule has 12 heteroatoms. The fourth-order valence-corrected chi connectivity index (χ4v) is 8.80. The standard InChI is InChI=1S/C47H67N5O7/c1-45(2,3)35-13-10-33(11-14-35)40-28-34(12-15-41(40)57-38-18-21-52(31-38)44(55)59-47(7,8)9)42(53)50-19-16-37(17-20-50)56-39-27-32(30-48)26-36(29-39)49-22-24-51(25-23-49)43(54)58-46(4,5)6/h12,15,26-29,33,35,37-38H,10-11,13-14,16-25,31H2,1-9H3/t33-,35-,38-/m0/s1. The van der Waals surface area contributed by atoms with Crippen LogP contribution >= 0.6 is 0 Å². The van der Waals surface area contributed by atoms with Crippen molar-refractivity contribution in [3.63, 3.8) is 0 Å². The molecule has 6 rings (SSSR count). The Morgan fingerprint density at radius 3 is 1.83 bits per heavy atom. The van der Waals surface area contributed by atoms with E-state index in [2.05, 4.69) is 37.8 Å². The highest BCUT2D eigenvalue weighted by atomic mass is 16.6. The second-order valence-corrected chi connectivity index (χ2v) is 20.0. The molecular formula is C47H67N5O7. The molecule has 0 radical (unpaired) electrons. The third-order valence-corrected chi connectivity index (χ3v) is 12.1. The minimum Gasteiger partial charge on any atom is -0.490 e. The zero-order valence-corrected chi connectivity index (χ0v) is 37.0. The Bertz CT molecular complexity index is 1850. The quantitative estimate of drug-likeness (QED) is 0.269. The fraction of sp³-hybridized carbons (Fsp3) is 0.660. The van der Waals surface area contributed by atoms with Crippen LogP contribution in [0.15, 0.2) is 36.4 Å². The number of rotatable bonds is 7. The highest BCUT2D eigenvalue weighted by Gasteiger charge is 2.35. The number of nitriles is 1. The number of piperidine rings is 1. The number of hydrogen-bond acceptors (Lipinski definition) is 9. The van der Waals surface area contributed by atoms with Crippen molar-refractivity contribution in [1.29, 1.82) is 5.26 Å². The van der Waals surface area contributed by atoms with Gasteiger partial charge in [-0.1, -0.05) is 20.8 Å². The molecule has 4 fully saturated rings. The predicted octanol–water partition coefficient (Wildman–Crippen LogP) is 9.01. The third-order valence-electron chi connectivity index (χ3n) is 12.1. The van der Waals surface area contributed by atoms with Crippen LogP contribution in [0.2, 0.25) is 0 Å². The first-order chi connectivity index (χ1) is 27.7. The summed E-state index contributed by atoms with van der Waals surface area (Å²) < 4.78 is 24.3. The van der Waals surface area contributed by atoms with Gasteiger partial charge in [-0.15, -0.1) is 0 Å². The van der Waals surface area contributed by atoms with E-state index in [9.17, 15) is 19.6 Å². The second kappa shape index (κ2) is 17.9. The summed E-state index contributed by atoms with van der Waals surface area (Å²) in [6.07, 6.45) is 5.57. The maximum absolute atomic E-state index is 14.1. The van der Waals surface area contributed by atoms with Gasteiger partial charge >= 0.3 is 12.2 Å². The largest absolute Gasteiger partial charge is 0.490 e. The summed E-state index contributed by atoms with van der Waals surface area (Å²) >= 11 is 0. The molecule has 1 atom stereocenters. The molecule has 2 aromatic rings. The molecule has 0 bridgehead atoms. The Morgan fingerprint density at radius 1 is 0.644 bits per heavy atom. The SMILES string of the molecule is CC(C)(C)OC(=O)N1CCN(c2cc(C#N)cc(OC3CCN(C(=O)c4ccc(O[C@H]5CCN(C(=O)OC(C)(C)C)C5)c([C@H]5CC[C@H](C(C)(C)C)CC5)c4)CC3)c2)CC1. The first-order valence-electron chi connectivity index (χ1n) is 21.8. The molecule has 322 valence electrons. The van der Waals surface area contributed by atoms with Gasteiger partial charge in [-0.05, 0) is 120 Å². The van der Waals surface area contributed by atoms with E-state index in [1.807, 2.05) is 70.7 Å². The van der Waals surface area contributed by atoms with Gasteiger partial charge in [-0.25, -0.2) is 9.59 Å². The summed E-state index contributed by atoms with van der Waals surface area (Å²) in [5.74, 6) is 2.41. The lowest BCUT2D eigenvalue weighted by Gasteiger charge is -2.37. The van der Waals surface area contributed by atoms with Gasteiger partial charge in [0.2, 0.25) is 0 Å². The van der Waals surface area contributed by atoms with Crippen LogP contribution in [0.4, 0.5) is 15.3 Å². The van der Waals surface area contributed by atoms with Gasteiger partial charge < -0.3 is 38.5 Å². The lowest BCUT2D eigenvalue weighted by Crippen LogP contribution is -2.50. The Hall–Kier alpha value is -4.66. The highest BCUT2D eigenvalue weighted by Crippen LogP contribution is 2.46. The van der Waals surface area contributed by atoms with Crippen molar-refractivity contribution < 1.29 is 33.3 Å². The summed E-state index contributed by atoms with van der Waals surface area (Å²) in [5.41, 5.74) is 2.32. The van der Waals surface area contributed by atoms with Crippen molar-refractivity contribution in [3.8, 4) is 17.6 Å². The molecule has 2 aromatic carbocycles. The normalized spacial score (nSPS) is 22.1. The summed E-state index contributed by atoms with van der Waals surface area (Å²) in [6, 6.07) is 13.8. The number of ether oxygens (including phenoxy) is 4. The number of nitrogens with zero attached hydrogens (tertiary/aromatic N) is 5. The van der Waals surface area contributed by atoms with Crippen LogP contribution in [0.25, 0.3) is 0 Å². The lowest BCUT2D eigenvalue weighted by atomic mass is 9.68. The summed E-state index contributed by atoms with van der Waals surface area (Å²) in [7, 11) is 0. The molecule has 3 heterocycles. The fourth-order valence-electron chi connectivity index (χ4n) is 8.80. The van der Waals surface area contributed by atoms with Crippen LogP contribution in [-0.2, 0) is 9.47 Å². The number of carbonyl (C=O) groups is 3. The van der Waals surface area contributed by atoms with Gasteiger partial charge in [0.25, 0.3) is 5.91 Å². The van der Waals surface area contributed by atoms with Crippen molar-refractivity contribution in [2.75, 3.05) is 57.3 Å². The van der Waals surface area contributed by atoms with Crippen LogP contribution in [-0.4, -0.2) is 109 Å². The van der Waals surface area contributed by atoms with Crippen molar-refractivity contribution in [2.24, 2.45) is 11.3 Å². The van der Waals surface area contributed by atoms with E-state index >= 15 is 0 Å². The van der Waals surface area contributed by atoms with Gasteiger partial charge in [0, 0.05) is 82.4 Å². The zero-order valence-electron chi connectivity index (χ0n) is 37.0. The molecule has 12 nitrogen and oxygen atoms in total. The Morgan fingerprint density at radius 2 is 1.24 bits per heavy atom. The van der Waals surface area contributed by atoms with E-state index in [0.29, 0.717) is 93.9 Å². The molecule has 3 aliphatic heterocycles. The van der Waals surface area contributed by atoms with Crippen LogP contribution < -0.4 is 14.4 Å². The van der Waals surface area contributed by atoms with Gasteiger partial charge in [-0.3, -0.25) is 4.79 Å².